The minimum absolute atomic E-state index is 0. The van der Waals surface area contributed by atoms with Crippen molar-refractivity contribution in [2.24, 2.45) is 0 Å². The first-order valence-electron chi connectivity index (χ1n) is 13.4. The lowest BCUT2D eigenvalue weighted by molar-refractivity contribution is 0.103. The molecule has 0 amide bonds. The Bertz CT molecular complexity index is 1070. The van der Waals surface area contributed by atoms with E-state index >= 15 is 0 Å². The van der Waals surface area contributed by atoms with E-state index in [1.54, 1.807) is 0 Å². The number of aryl methyl sites for hydroxylation is 1. The highest BCUT2D eigenvalue weighted by molar-refractivity contribution is 9.10. The number of ketones is 1. The van der Waals surface area contributed by atoms with E-state index < -0.39 is 0 Å². The Morgan fingerprint density at radius 1 is 0.917 bits per heavy atom. The van der Waals surface area contributed by atoms with E-state index in [1.807, 2.05) is 40.9 Å². The number of fused-ring (bicyclic) bond motifs is 1. The summed E-state index contributed by atoms with van der Waals surface area (Å²) in [6.45, 7) is 10.8. The quantitative estimate of drug-likeness (QED) is 0.127. The van der Waals surface area contributed by atoms with Gasteiger partial charge in [0.25, 0.3) is 0 Å². The number of hydrogen-bond donors (Lipinski definition) is 0. The smallest absolute Gasteiger partial charge is 0.210 e. The molecule has 0 bridgehead atoms. The van der Waals surface area contributed by atoms with Gasteiger partial charge in [0.05, 0.1) is 16.8 Å². The third-order valence-electron chi connectivity index (χ3n) is 6.50. The van der Waals surface area contributed by atoms with Gasteiger partial charge in [0, 0.05) is 23.8 Å². The van der Waals surface area contributed by atoms with E-state index in [-0.39, 0.29) is 18.2 Å². The molecule has 36 heavy (non-hydrogen) atoms. The summed E-state index contributed by atoms with van der Waals surface area (Å²) in [6.07, 6.45) is 11.0. The lowest BCUT2D eigenvalue weighted by atomic mass is 10.0. The molecule has 0 unspecified atom stereocenters. The Balaban J connectivity index is 0.00000456. The van der Waals surface area contributed by atoms with Crippen LogP contribution >= 0.6 is 28.3 Å². The minimum Gasteiger partial charge on any atom is -0.492 e. The van der Waals surface area contributed by atoms with Gasteiger partial charge in [0.2, 0.25) is 5.78 Å². The average molecular weight is 578 g/mol. The van der Waals surface area contributed by atoms with Crippen LogP contribution in [0.15, 0.2) is 53.1 Å². The molecule has 3 aromatic rings. The molecule has 3 rings (SSSR count). The van der Waals surface area contributed by atoms with Crippen LogP contribution < -0.4 is 4.74 Å². The topological polar surface area (TPSA) is 34.0 Å². The first-order valence-corrected chi connectivity index (χ1v) is 14.2. The molecule has 2 heterocycles. The van der Waals surface area contributed by atoms with E-state index in [0.29, 0.717) is 12.2 Å². The van der Waals surface area contributed by atoms with Crippen molar-refractivity contribution in [3.05, 3.63) is 70.0 Å². The summed E-state index contributed by atoms with van der Waals surface area (Å²) in [5.74, 6) is 0.846. The summed E-state index contributed by atoms with van der Waals surface area (Å²) in [7, 11) is 0. The summed E-state index contributed by atoms with van der Waals surface area (Å²) in [5, 5.41) is 0. The second-order valence-electron chi connectivity index (χ2n) is 9.34. The molecule has 0 atom stereocenters. The Hall–Kier alpha value is -1.82. The molecule has 0 radical (unpaired) electrons. The average Bonchev–Trinajstić information content (AvgIpc) is 3.24. The number of nitrogens with zero attached hydrogens (tertiary/aromatic N) is 2. The zero-order valence-electron chi connectivity index (χ0n) is 22.1. The molecule has 0 aliphatic carbocycles. The fourth-order valence-corrected chi connectivity index (χ4v) is 4.95. The van der Waals surface area contributed by atoms with Crippen molar-refractivity contribution >= 4 is 39.6 Å². The number of pyridine rings is 1. The number of ether oxygens (including phenoxy) is 1. The molecule has 0 aliphatic rings. The van der Waals surface area contributed by atoms with Crippen LogP contribution in [0.4, 0.5) is 0 Å². The Morgan fingerprint density at radius 3 is 2.28 bits per heavy atom. The van der Waals surface area contributed by atoms with Gasteiger partial charge in [-0.1, -0.05) is 46.1 Å². The predicted octanol–water partition coefficient (Wildman–Crippen LogP) is 8.37. The fourth-order valence-electron chi connectivity index (χ4n) is 4.46. The fraction of sp³-hybridized carbons (Fsp3) is 0.500. The van der Waals surface area contributed by atoms with Gasteiger partial charge >= 0.3 is 0 Å². The van der Waals surface area contributed by atoms with Crippen LogP contribution in [0.25, 0.3) is 5.52 Å². The first kappa shape index (κ1) is 30.4. The van der Waals surface area contributed by atoms with Crippen LogP contribution in [0, 0.1) is 0 Å². The van der Waals surface area contributed by atoms with Crippen LogP contribution in [-0.2, 0) is 6.42 Å². The predicted molar refractivity (Wildman–Crippen MR) is 157 cm³/mol. The second kappa shape index (κ2) is 16.1. The number of halogens is 2. The van der Waals surface area contributed by atoms with E-state index in [9.17, 15) is 4.79 Å². The SMILES string of the molecule is CCCCc1cc2ccccn2c1C(=O)c1ccc(OCCCN(CCCC)CCCC)c(Br)c1.Cl. The van der Waals surface area contributed by atoms with E-state index in [0.717, 1.165) is 59.2 Å². The summed E-state index contributed by atoms with van der Waals surface area (Å²) < 4.78 is 8.93. The van der Waals surface area contributed by atoms with Crippen LogP contribution in [-0.4, -0.2) is 41.3 Å². The molecule has 0 N–H and O–H groups in total. The monoisotopic (exact) mass is 576 g/mol. The normalized spacial score (nSPS) is 11.1. The Kier molecular flexibility index (Phi) is 13.6. The highest BCUT2D eigenvalue weighted by Crippen LogP contribution is 2.29. The molecular weight excluding hydrogens is 536 g/mol. The zero-order chi connectivity index (χ0) is 25.0. The highest BCUT2D eigenvalue weighted by Gasteiger charge is 2.20. The van der Waals surface area contributed by atoms with Gasteiger partial charge in [-0.2, -0.15) is 0 Å². The molecule has 1 aromatic carbocycles. The number of benzene rings is 1. The number of aromatic nitrogens is 1. The third kappa shape index (κ3) is 8.36. The van der Waals surface area contributed by atoms with E-state index in [1.165, 1.54) is 38.8 Å². The van der Waals surface area contributed by atoms with Crippen LogP contribution in [0.3, 0.4) is 0 Å². The molecule has 198 valence electrons. The number of hydrogen-bond acceptors (Lipinski definition) is 3. The number of rotatable bonds is 16. The summed E-state index contributed by atoms with van der Waals surface area (Å²) in [6, 6.07) is 13.9. The van der Waals surface area contributed by atoms with Gasteiger partial charge in [-0.3, -0.25) is 4.79 Å². The van der Waals surface area contributed by atoms with Crippen molar-refractivity contribution in [1.29, 1.82) is 0 Å². The number of unbranched alkanes of at least 4 members (excludes halogenated alkanes) is 3. The maximum absolute atomic E-state index is 13.6. The molecule has 0 spiro atoms. The molecule has 4 nitrogen and oxygen atoms in total. The van der Waals surface area contributed by atoms with Crippen LogP contribution in [0.5, 0.6) is 5.75 Å². The third-order valence-corrected chi connectivity index (χ3v) is 7.12. The summed E-state index contributed by atoms with van der Waals surface area (Å²) in [5.41, 5.74) is 3.63. The van der Waals surface area contributed by atoms with Crippen molar-refractivity contribution < 1.29 is 9.53 Å². The largest absolute Gasteiger partial charge is 0.492 e. The zero-order valence-corrected chi connectivity index (χ0v) is 24.5. The number of carbonyl (C=O) groups is 1. The molecule has 0 saturated carbocycles. The summed E-state index contributed by atoms with van der Waals surface area (Å²) >= 11 is 3.64. The van der Waals surface area contributed by atoms with Crippen molar-refractivity contribution in [2.75, 3.05) is 26.2 Å². The van der Waals surface area contributed by atoms with Crippen molar-refractivity contribution in [1.82, 2.24) is 9.30 Å². The lowest BCUT2D eigenvalue weighted by Gasteiger charge is -2.22. The van der Waals surface area contributed by atoms with Gasteiger partial charge in [-0.25, -0.2) is 0 Å². The maximum Gasteiger partial charge on any atom is 0.210 e. The van der Waals surface area contributed by atoms with Crippen LogP contribution in [0.2, 0.25) is 0 Å². The minimum atomic E-state index is 0. The van der Waals surface area contributed by atoms with Crippen molar-refractivity contribution in [3.63, 3.8) is 0 Å². The van der Waals surface area contributed by atoms with E-state index in [2.05, 4.69) is 53.7 Å². The van der Waals surface area contributed by atoms with Crippen molar-refractivity contribution in [3.8, 4) is 5.75 Å². The van der Waals surface area contributed by atoms with Gasteiger partial charge < -0.3 is 14.0 Å². The maximum atomic E-state index is 13.6. The Morgan fingerprint density at radius 2 is 1.61 bits per heavy atom. The molecule has 0 fully saturated rings. The first-order chi connectivity index (χ1) is 17.1. The van der Waals surface area contributed by atoms with Crippen molar-refractivity contribution in [2.45, 2.75) is 72.1 Å². The van der Waals surface area contributed by atoms with Crippen LogP contribution in [0.1, 0.15) is 87.3 Å². The van der Waals surface area contributed by atoms with Gasteiger partial charge in [0.1, 0.15) is 5.75 Å². The van der Waals surface area contributed by atoms with Gasteiger partial charge in [0.15, 0.2) is 0 Å². The van der Waals surface area contributed by atoms with E-state index in [4.69, 9.17) is 4.74 Å². The Labute approximate surface area is 232 Å². The number of carbonyl (C=O) groups excluding carboxylic acids is 1. The highest BCUT2D eigenvalue weighted by atomic mass is 79.9. The standard InChI is InChI=1S/C30H41BrN2O2.ClH/c1-4-7-13-24-22-26-14-10-11-20-33(26)29(24)30(34)25-15-16-28(27(31)23-25)35-21-12-19-32(17-8-5-2)18-9-6-3;/h10-11,14-16,20,22-23H,4-9,12-13,17-19,21H2,1-3H3;1H. The van der Waals surface area contributed by atoms with Gasteiger partial charge in [-0.05, 0) is 103 Å². The molecular formula is C30H42BrClN2O2. The molecule has 0 aliphatic heterocycles. The second-order valence-corrected chi connectivity index (χ2v) is 10.2. The molecule has 0 saturated heterocycles. The molecule has 6 heteroatoms. The summed E-state index contributed by atoms with van der Waals surface area (Å²) in [4.78, 5) is 16.1. The van der Waals surface area contributed by atoms with Gasteiger partial charge in [-0.15, -0.1) is 12.4 Å². The molecule has 2 aromatic heterocycles. The lowest BCUT2D eigenvalue weighted by Crippen LogP contribution is -2.28.